The Balaban J connectivity index is 1.96. The van der Waals surface area contributed by atoms with Gasteiger partial charge >= 0.3 is 0 Å². The molecule has 3 heteroatoms. The molecule has 0 unspecified atom stereocenters. The van der Waals surface area contributed by atoms with E-state index >= 15 is 0 Å². The van der Waals surface area contributed by atoms with Crippen LogP contribution in [0.3, 0.4) is 0 Å². The van der Waals surface area contributed by atoms with Crippen molar-refractivity contribution in [2.75, 3.05) is 0 Å². The zero-order valence-corrected chi connectivity index (χ0v) is 13.4. The summed E-state index contributed by atoms with van der Waals surface area (Å²) in [5, 5.41) is 12.9. The van der Waals surface area contributed by atoms with E-state index in [-0.39, 0.29) is 5.75 Å². The Morgan fingerprint density at radius 2 is 1.54 bits per heavy atom. The highest BCUT2D eigenvalue weighted by molar-refractivity contribution is 5.91. The number of hydrogen-bond acceptors (Lipinski definition) is 1. The largest absolute Gasteiger partial charge is 0.338 e. The molecule has 0 aliphatic rings. The molecule has 0 aliphatic heterocycles. The summed E-state index contributed by atoms with van der Waals surface area (Å²) in [7, 11) is 0. The molecular weight excluding hydrogens is 296 g/mol. The summed E-state index contributed by atoms with van der Waals surface area (Å²) >= 11 is 0. The number of aryl methyl sites for hydroxylation is 1. The number of benzene rings is 3. The average molecular weight is 313 g/mol. The quantitative estimate of drug-likeness (QED) is 0.525. The lowest BCUT2D eigenvalue weighted by Gasteiger charge is -2.07. The van der Waals surface area contributed by atoms with E-state index < -0.39 is 0 Å². The van der Waals surface area contributed by atoms with Gasteiger partial charge in [0.2, 0.25) is 0 Å². The van der Waals surface area contributed by atoms with Gasteiger partial charge in [-0.2, -0.15) is 0 Å². The van der Waals surface area contributed by atoms with Gasteiger partial charge in [-0.25, -0.2) is 4.98 Å². The van der Waals surface area contributed by atoms with Gasteiger partial charge in [-0.15, -0.1) is 0 Å². The van der Waals surface area contributed by atoms with E-state index in [2.05, 4.69) is 4.98 Å². The van der Waals surface area contributed by atoms with Crippen LogP contribution in [0.5, 0.6) is 5.75 Å². The van der Waals surface area contributed by atoms with Gasteiger partial charge in [0.1, 0.15) is 5.82 Å². The number of imidazole rings is 1. The number of aromatic amines is 1. The van der Waals surface area contributed by atoms with Crippen molar-refractivity contribution in [1.82, 2.24) is 9.97 Å². The van der Waals surface area contributed by atoms with Crippen LogP contribution in [-0.4, -0.2) is 9.97 Å². The summed E-state index contributed by atoms with van der Waals surface area (Å²) in [5.41, 5.74) is 5.14. The molecule has 0 spiro atoms. The highest BCUT2D eigenvalue weighted by Crippen LogP contribution is 2.38. The first-order valence-corrected chi connectivity index (χ1v) is 8.11. The third kappa shape index (κ3) is 2.35. The van der Waals surface area contributed by atoms with E-state index in [0.29, 0.717) is 6.42 Å². The Bertz CT molecular complexity index is 989. The second-order valence-corrected chi connectivity index (χ2v) is 5.80. The highest BCUT2D eigenvalue weighted by Gasteiger charge is 2.18. The molecule has 0 bridgehead atoms. The van der Waals surface area contributed by atoms with Crippen LogP contribution in [0, 0.1) is 0 Å². The number of fused-ring (bicyclic) bond motifs is 1. The second kappa shape index (κ2) is 5.85. The topological polar surface area (TPSA) is 48.6 Å². The van der Waals surface area contributed by atoms with Gasteiger partial charge in [-0.05, 0) is 18.1 Å². The Labute approximate surface area is 140 Å². The minimum atomic E-state index is 0.0716. The van der Waals surface area contributed by atoms with Gasteiger partial charge in [0.25, 0.3) is 0 Å². The number of nitrogens with one attached hydrogen (secondary N) is 1. The average Bonchev–Trinajstić information content (AvgIpc) is 3.06. The smallest absolute Gasteiger partial charge is 0.191 e. The maximum atomic E-state index is 12.9. The van der Waals surface area contributed by atoms with Gasteiger partial charge in [0, 0.05) is 16.7 Å². The van der Waals surface area contributed by atoms with Crippen LogP contribution in [-0.2, 0) is 11.5 Å². The van der Waals surface area contributed by atoms with E-state index in [9.17, 15) is 5.11 Å². The first-order valence-electron chi connectivity index (χ1n) is 8.11. The van der Waals surface area contributed by atoms with Crippen LogP contribution in [0.2, 0.25) is 0 Å². The van der Waals surface area contributed by atoms with E-state index in [1.807, 2.05) is 73.7 Å². The lowest BCUT2D eigenvalue weighted by atomic mass is 9.99. The summed E-state index contributed by atoms with van der Waals surface area (Å²) in [6, 6.07) is 21.7. The van der Waals surface area contributed by atoms with E-state index in [4.69, 9.17) is 4.98 Å². The highest BCUT2D eigenvalue weighted by atomic mass is 16.3. The molecule has 1 N–H and O–H groups in total. The van der Waals surface area contributed by atoms with Crippen LogP contribution < -0.4 is 0 Å². The lowest BCUT2D eigenvalue weighted by molar-refractivity contribution is 0.353. The van der Waals surface area contributed by atoms with Crippen molar-refractivity contribution in [3.05, 3.63) is 72.3 Å². The molecule has 4 aromatic rings. The molecule has 0 aliphatic carbocycles. The lowest BCUT2D eigenvalue weighted by Crippen LogP contribution is -1.88. The Kier molecular flexibility index (Phi) is 3.54. The van der Waals surface area contributed by atoms with Crippen molar-refractivity contribution in [3.63, 3.8) is 0 Å². The minimum Gasteiger partial charge on any atom is -0.338 e. The molecule has 3 aromatic carbocycles. The maximum Gasteiger partial charge on any atom is 0.191 e. The maximum absolute atomic E-state index is 12.9. The molecule has 0 saturated heterocycles. The van der Waals surface area contributed by atoms with Crippen LogP contribution in [0.25, 0.3) is 33.5 Å². The third-order valence-electron chi connectivity index (χ3n) is 4.31. The van der Waals surface area contributed by atoms with Crippen molar-refractivity contribution in [3.8, 4) is 28.3 Å². The Hall–Kier alpha value is -3.07. The monoisotopic (exact) mass is 313 g/mol. The molecule has 4 rings (SSSR count). The SMILES string of the molecule is CCc1c([O])c(-c2ccccc2)cc2[nH]c(-c3ccccc3)nc12. The van der Waals surface area contributed by atoms with Gasteiger partial charge in [-0.1, -0.05) is 67.6 Å². The van der Waals surface area contributed by atoms with Crippen LogP contribution in [0.4, 0.5) is 0 Å². The van der Waals surface area contributed by atoms with Gasteiger partial charge in [-0.3, -0.25) is 5.11 Å². The number of aromatic nitrogens is 2. The van der Waals surface area contributed by atoms with Crippen molar-refractivity contribution >= 4 is 11.0 Å². The molecule has 0 amide bonds. The Morgan fingerprint density at radius 3 is 2.17 bits per heavy atom. The normalized spacial score (nSPS) is 11.0. The molecule has 1 aromatic heterocycles. The predicted molar refractivity (Wildman–Crippen MR) is 96.5 cm³/mol. The summed E-state index contributed by atoms with van der Waals surface area (Å²) in [6.07, 6.45) is 0.662. The molecule has 3 nitrogen and oxygen atoms in total. The number of rotatable bonds is 3. The standard InChI is InChI=1S/C21H17N2O/c1-2-16-19-18(22-21(23-19)15-11-7-4-8-12-15)13-17(20(16)24)14-9-5-3-6-10-14/h3-13H,2H2,1H3,(H,22,23). The molecule has 0 saturated carbocycles. The number of nitrogens with zero attached hydrogens (tertiary/aromatic N) is 1. The van der Waals surface area contributed by atoms with Crippen LogP contribution in [0.1, 0.15) is 12.5 Å². The van der Waals surface area contributed by atoms with Crippen molar-refractivity contribution in [2.45, 2.75) is 13.3 Å². The molecule has 0 fully saturated rings. The molecule has 117 valence electrons. The summed E-state index contributed by atoms with van der Waals surface area (Å²) in [6.45, 7) is 2.00. The first kappa shape index (κ1) is 14.5. The number of H-pyrrole nitrogens is 1. The molecule has 24 heavy (non-hydrogen) atoms. The second-order valence-electron chi connectivity index (χ2n) is 5.80. The van der Waals surface area contributed by atoms with Crippen molar-refractivity contribution in [1.29, 1.82) is 0 Å². The fourth-order valence-corrected chi connectivity index (χ4v) is 3.09. The first-order chi connectivity index (χ1) is 11.8. The fraction of sp³-hybridized carbons (Fsp3) is 0.0952. The van der Waals surface area contributed by atoms with Crippen LogP contribution >= 0.6 is 0 Å². The number of hydrogen-bond donors (Lipinski definition) is 1. The molecule has 0 atom stereocenters. The summed E-state index contributed by atoms with van der Waals surface area (Å²) < 4.78 is 0. The third-order valence-corrected chi connectivity index (χ3v) is 4.31. The van der Waals surface area contributed by atoms with Gasteiger partial charge in [0.05, 0.1) is 11.0 Å². The summed E-state index contributed by atoms with van der Waals surface area (Å²) in [5.74, 6) is 0.868. The zero-order chi connectivity index (χ0) is 16.5. The van der Waals surface area contributed by atoms with Gasteiger partial charge in [0.15, 0.2) is 5.75 Å². The zero-order valence-electron chi connectivity index (χ0n) is 13.4. The molecule has 1 heterocycles. The predicted octanol–water partition coefficient (Wildman–Crippen LogP) is 5.60. The van der Waals surface area contributed by atoms with E-state index in [0.717, 1.165) is 39.1 Å². The van der Waals surface area contributed by atoms with Gasteiger partial charge < -0.3 is 4.98 Å². The molecular formula is C21H17N2O. The fourth-order valence-electron chi connectivity index (χ4n) is 3.09. The van der Waals surface area contributed by atoms with E-state index in [1.54, 1.807) is 0 Å². The van der Waals surface area contributed by atoms with E-state index in [1.165, 1.54) is 0 Å². The summed E-state index contributed by atoms with van der Waals surface area (Å²) in [4.78, 5) is 8.07. The molecule has 1 radical (unpaired) electrons. The van der Waals surface area contributed by atoms with Crippen LogP contribution in [0.15, 0.2) is 66.7 Å². The van der Waals surface area contributed by atoms with Crippen molar-refractivity contribution in [2.24, 2.45) is 0 Å². The Morgan fingerprint density at radius 1 is 0.917 bits per heavy atom. The van der Waals surface area contributed by atoms with Crippen molar-refractivity contribution < 1.29 is 5.11 Å². The minimum absolute atomic E-state index is 0.0716.